The van der Waals surface area contributed by atoms with Crippen LogP contribution in [0.2, 0.25) is 0 Å². The summed E-state index contributed by atoms with van der Waals surface area (Å²) in [4.78, 5) is 28.0. The van der Waals surface area contributed by atoms with Gasteiger partial charge in [0.2, 0.25) is 0 Å². The van der Waals surface area contributed by atoms with Crippen LogP contribution in [0.5, 0.6) is 5.75 Å². The van der Waals surface area contributed by atoms with Gasteiger partial charge >= 0.3 is 13.9 Å². The number of H-pyrrole nitrogens is 1. The molecule has 3 rings (SSSR count). The fraction of sp³-hybridized carbons (Fsp3) is 0.444. The van der Waals surface area contributed by atoms with Gasteiger partial charge in [-0.25, -0.2) is 13.8 Å². The Morgan fingerprint density at radius 2 is 2.06 bits per heavy atom. The first-order valence-electron chi connectivity index (χ1n) is 9.53. The molecule has 178 valence electrons. The van der Waals surface area contributed by atoms with Crippen LogP contribution in [-0.2, 0) is 20.4 Å². The third-order valence-electron chi connectivity index (χ3n) is 5.10. The Morgan fingerprint density at radius 1 is 1.36 bits per heavy atom. The first-order chi connectivity index (χ1) is 15.6. The second-order valence-electron chi connectivity index (χ2n) is 7.49. The number of aliphatic hydroxyl groups is 2. The van der Waals surface area contributed by atoms with Crippen LogP contribution in [-0.4, -0.2) is 50.4 Å². The highest BCUT2D eigenvalue weighted by molar-refractivity contribution is 7.33. The van der Waals surface area contributed by atoms with E-state index in [9.17, 15) is 28.8 Å². The van der Waals surface area contributed by atoms with Crippen LogP contribution in [0.15, 0.2) is 51.2 Å². The Bertz CT molecular complexity index is 1180. The second kappa shape index (κ2) is 9.87. The maximum atomic E-state index is 14.0. The van der Waals surface area contributed by atoms with Crippen molar-refractivity contribution in [1.29, 1.82) is 0 Å². The zero-order valence-corrected chi connectivity index (χ0v) is 18.3. The zero-order valence-electron chi connectivity index (χ0n) is 17.3. The van der Waals surface area contributed by atoms with E-state index in [2.05, 4.69) is 10.0 Å². The quantitative estimate of drug-likeness (QED) is 0.204. The molecule has 0 saturated carbocycles. The number of ether oxygens (including phenoxy) is 1. The number of hydrogen-bond donors (Lipinski definition) is 3. The smallest absolute Gasteiger partial charge is 0.367 e. The average Bonchev–Trinajstić information content (AvgIpc) is 2.98. The van der Waals surface area contributed by atoms with Crippen LogP contribution < -0.4 is 15.8 Å². The molecule has 1 saturated heterocycles. The molecule has 0 radical (unpaired) electrons. The third kappa shape index (κ3) is 5.17. The maximum absolute atomic E-state index is 14.0. The number of azide groups is 1. The number of alkyl halides is 1. The lowest BCUT2D eigenvalue weighted by Crippen LogP contribution is -2.53. The van der Waals surface area contributed by atoms with Crippen LogP contribution in [0.25, 0.3) is 10.4 Å². The molecule has 0 aliphatic carbocycles. The van der Waals surface area contributed by atoms with Crippen molar-refractivity contribution in [1.82, 2.24) is 9.55 Å². The van der Waals surface area contributed by atoms with E-state index in [1.807, 2.05) is 4.98 Å². The van der Waals surface area contributed by atoms with Crippen molar-refractivity contribution in [2.45, 2.75) is 37.0 Å². The summed E-state index contributed by atoms with van der Waals surface area (Å²) in [6, 6.07) is 7.07. The summed E-state index contributed by atoms with van der Waals surface area (Å²) in [5.41, 5.74) is 3.02. The summed E-state index contributed by atoms with van der Waals surface area (Å²) < 4.78 is 42.8. The monoisotopic (exact) mass is 485 g/mol. The molecule has 5 atom stereocenters. The molecule has 0 amide bonds. The van der Waals surface area contributed by atoms with Crippen molar-refractivity contribution in [2.24, 2.45) is 5.11 Å². The molecule has 15 heteroatoms. The molecule has 1 aliphatic heterocycles. The minimum absolute atomic E-state index is 0.121. The van der Waals surface area contributed by atoms with Crippen molar-refractivity contribution >= 4 is 8.25 Å². The van der Waals surface area contributed by atoms with Gasteiger partial charge in [-0.3, -0.25) is 18.9 Å². The molecule has 1 aromatic carbocycles. The average molecular weight is 485 g/mol. The number of aromatic nitrogens is 2. The summed E-state index contributed by atoms with van der Waals surface area (Å²) >= 11 is 0. The normalized spacial score (nSPS) is 27.6. The number of benzene rings is 1. The number of nitrogens with one attached hydrogen (secondary N) is 1. The molecular formula is C18H21FN5O8P. The number of hydrogen-bond acceptors (Lipinski definition) is 9. The number of rotatable bonds is 9. The first kappa shape index (κ1) is 24.6. The Hall–Kier alpha value is -2.99. The van der Waals surface area contributed by atoms with E-state index in [-0.39, 0.29) is 12.3 Å². The Labute approximate surface area is 185 Å². The highest BCUT2D eigenvalue weighted by Crippen LogP contribution is 2.45. The topological polar surface area (TPSA) is 189 Å². The largest absolute Gasteiger partial charge is 0.426 e. The Kier molecular flexibility index (Phi) is 7.38. The van der Waals surface area contributed by atoms with Crippen LogP contribution in [0, 0.1) is 0 Å². The van der Waals surface area contributed by atoms with Crippen LogP contribution >= 0.6 is 8.25 Å². The van der Waals surface area contributed by atoms with Gasteiger partial charge in [0.15, 0.2) is 11.8 Å². The predicted molar refractivity (Wildman–Crippen MR) is 112 cm³/mol. The van der Waals surface area contributed by atoms with E-state index in [4.69, 9.17) is 19.3 Å². The summed E-state index contributed by atoms with van der Waals surface area (Å²) in [6.45, 7) is -0.894. The van der Waals surface area contributed by atoms with E-state index in [0.29, 0.717) is 5.56 Å². The molecule has 0 bridgehead atoms. The number of nitrogens with zero attached hydrogens (tertiary/aromatic N) is 4. The van der Waals surface area contributed by atoms with Gasteiger partial charge in [0.25, 0.3) is 5.56 Å². The molecule has 13 nitrogen and oxygen atoms in total. The molecule has 3 N–H and O–H groups in total. The van der Waals surface area contributed by atoms with Gasteiger partial charge in [-0.2, -0.15) is 0 Å². The van der Waals surface area contributed by atoms with E-state index in [1.165, 1.54) is 12.1 Å². The molecule has 1 aromatic heterocycles. The van der Waals surface area contributed by atoms with Crippen LogP contribution in [0.1, 0.15) is 18.7 Å². The Balaban J connectivity index is 1.72. The molecule has 33 heavy (non-hydrogen) atoms. The molecule has 1 aliphatic rings. The Morgan fingerprint density at radius 3 is 2.67 bits per heavy atom. The maximum Gasteiger partial charge on any atom is 0.367 e. The fourth-order valence-electron chi connectivity index (χ4n) is 3.36. The van der Waals surface area contributed by atoms with Gasteiger partial charge in [-0.1, -0.05) is 17.2 Å². The van der Waals surface area contributed by atoms with E-state index < -0.39 is 56.3 Å². The van der Waals surface area contributed by atoms with Crippen molar-refractivity contribution < 1.29 is 33.0 Å². The minimum Gasteiger partial charge on any atom is -0.426 e. The van der Waals surface area contributed by atoms with Gasteiger partial charge in [-0.05, 0) is 30.2 Å². The lowest BCUT2D eigenvalue weighted by atomic mass is 9.88. The van der Waals surface area contributed by atoms with E-state index in [0.717, 1.165) is 23.8 Å². The van der Waals surface area contributed by atoms with Crippen molar-refractivity contribution in [3.05, 3.63) is 73.4 Å². The van der Waals surface area contributed by atoms with E-state index >= 15 is 0 Å². The molecule has 2 heterocycles. The molecule has 0 spiro atoms. The first-order valence-corrected chi connectivity index (χ1v) is 10.8. The van der Waals surface area contributed by atoms with Crippen molar-refractivity contribution in [3.8, 4) is 5.75 Å². The summed E-state index contributed by atoms with van der Waals surface area (Å²) in [6.07, 6.45) is -2.45. The standard InChI is InChI=1S/C18H21FN5O8P/c1-17(28)14(26)18(9-19,31-15(17)24-7-6-13(25)22-16(24)27)10-30-33(29)32-12-4-2-11(3-5-12)8-21-23-20/h2-7,14-15,26,28,33H,8-10H2,1H3,(H,22,25,27)/t14-,15+,17+,18+/m0/s1. The fourth-order valence-corrected chi connectivity index (χ4v) is 4.11. The van der Waals surface area contributed by atoms with Crippen LogP contribution in [0.4, 0.5) is 4.39 Å². The van der Waals surface area contributed by atoms with Crippen LogP contribution in [0.3, 0.4) is 0 Å². The minimum atomic E-state index is -3.25. The SMILES string of the molecule is C[C@@]1(O)[C@H](O)[C@@](CF)(CO[PH](=O)Oc2ccc(CN=[N+]=[N-])cc2)O[C@H]1n1ccc(=O)[nH]c1=O. The van der Waals surface area contributed by atoms with Gasteiger partial charge in [0.05, 0.1) is 13.2 Å². The van der Waals surface area contributed by atoms with Gasteiger partial charge in [0, 0.05) is 17.2 Å². The van der Waals surface area contributed by atoms with Gasteiger partial charge < -0.3 is 19.5 Å². The lowest BCUT2D eigenvalue weighted by molar-refractivity contribution is -0.135. The van der Waals surface area contributed by atoms with Gasteiger partial charge in [-0.15, -0.1) is 0 Å². The number of aliphatic hydroxyl groups excluding tert-OH is 1. The lowest BCUT2D eigenvalue weighted by Gasteiger charge is -2.30. The molecule has 2 aromatic rings. The van der Waals surface area contributed by atoms with E-state index in [1.54, 1.807) is 12.1 Å². The van der Waals surface area contributed by atoms with Crippen molar-refractivity contribution in [2.75, 3.05) is 13.3 Å². The zero-order chi connectivity index (χ0) is 24.2. The highest BCUT2D eigenvalue weighted by Gasteiger charge is 2.62. The molecular weight excluding hydrogens is 464 g/mol. The predicted octanol–water partition coefficient (Wildman–Crippen LogP) is 1.18. The van der Waals surface area contributed by atoms with Gasteiger partial charge in [0.1, 0.15) is 24.1 Å². The highest BCUT2D eigenvalue weighted by atomic mass is 31.1. The third-order valence-corrected chi connectivity index (χ3v) is 5.89. The molecule has 1 fully saturated rings. The second-order valence-corrected chi connectivity index (χ2v) is 8.48. The molecule has 1 unspecified atom stereocenters. The number of aromatic amines is 1. The summed E-state index contributed by atoms with van der Waals surface area (Å²) in [5, 5.41) is 24.8. The number of halogens is 1. The van der Waals surface area contributed by atoms with Crippen molar-refractivity contribution in [3.63, 3.8) is 0 Å². The summed E-state index contributed by atoms with van der Waals surface area (Å²) in [5.74, 6) is 0.162. The summed E-state index contributed by atoms with van der Waals surface area (Å²) in [7, 11) is -3.25.